The average molecular weight is 311 g/mol. The fourth-order valence-electron chi connectivity index (χ4n) is 1.77. The molecule has 106 valence electrons. The van der Waals surface area contributed by atoms with E-state index in [1.807, 2.05) is 11.4 Å². The quantitative estimate of drug-likeness (QED) is 0.899. The lowest BCUT2D eigenvalue weighted by atomic mass is 10.1. The first-order valence-corrected chi connectivity index (χ1v) is 7.53. The summed E-state index contributed by atoms with van der Waals surface area (Å²) in [7, 11) is 0. The minimum atomic E-state index is -4.71. The van der Waals surface area contributed by atoms with E-state index in [-0.39, 0.29) is 0 Å². The van der Waals surface area contributed by atoms with Gasteiger partial charge in [-0.3, -0.25) is 4.79 Å². The summed E-state index contributed by atoms with van der Waals surface area (Å²) in [5.41, 5.74) is 0.875. The van der Waals surface area contributed by atoms with Gasteiger partial charge in [0.2, 0.25) is 5.91 Å². The van der Waals surface area contributed by atoms with Crippen LogP contribution in [0, 0.1) is 0 Å². The van der Waals surface area contributed by atoms with Crippen LogP contribution >= 0.6 is 23.1 Å². The van der Waals surface area contributed by atoms with Crippen molar-refractivity contribution in [3.05, 3.63) is 21.9 Å². The summed E-state index contributed by atoms with van der Waals surface area (Å²) in [6.45, 7) is -0.807. The van der Waals surface area contributed by atoms with Crippen LogP contribution in [0.3, 0.4) is 0 Å². The Morgan fingerprint density at radius 2 is 2.32 bits per heavy atom. The third-order valence-corrected chi connectivity index (χ3v) is 5.00. The fourth-order valence-corrected chi connectivity index (χ4v) is 4.09. The number of aryl methyl sites for hydroxylation is 1. The lowest BCUT2D eigenvalue weighted by molar-refractivity contribution is -0.201. The smallest absolute Gasteiger partial charge is 0.382 e. The van der Waals surface area contributed by atoms with E-state index in [1.54, 1.807) is 11.3 Å². The van der Waals surface area contributed by atoms with Crippen LogP contribution in [-0.2, 0) is 11.2 Å². The molecule has 0 unspecified atom stereocenters. The Balaban J connectivity index is 1.95. The number of fused-ring (bicyclic) bond motifs is 1. The van der Waals surface area contributed by atoms with E-state index in [4.69, 9.17) is 5.11 Å². The highest BCUT2D eigenvalue weighted by atomic mass is 32.2. The minimum Gasteiger partial charge on any atom is -0.382 e. The molecule has 0 spiro atoms. The Kier molecular flexibility index (Phi) is 4.42. The zero-order valence-electron chi connectivity index (χ0n) is 9.74. The molecule has 2 N–H and O–H groups in total. The summed E-state index contributed by atoms with van der Waals surface area (Å²) in [6.07, 6.45) is -6.35. The summed E-state index contributed by atoms with van der Waals surface area (Å²) in [5, 5.41) is 12.4. The van der Waals surface area contributed by atoms with Crippen LogP contribution in [0.5, 0.6) is 0 Å². The van der Waals surface area contributed by atoms with Crippen molar-refractivity contribution in [1.29, 1.82) is 0 Å². The van der Waals surface area contributed by atoms with Crippen molar-refractivity contribution in [2.45, 2.75) is 24.0 Å². The molecule has 2 heterocycles. The monoisotopic (exact) mass is 311 g/mol. The number of aliphatic hydroxyl groups is 1. The SMILES string of the molecule is O=C(NC[C@@H](O)C(F)(F)F)[C@H]1SCCc2sccc21. The molecular formula is C11H12F3NO2S2. The van der Waals surface area contributed by atoms with Gasteiger partial charge in [0.1, 0.15) is 5.25 Å². The third kappa shape index (κ3) is 3.43. The molecule has 0 aromatic carbocycles. The highest BCUT2D eigenvalue weighted by molar-refractivity contribution is 8.00. The van der Waals surface area contributed by atoms with Gasteiger partial charge in [-0.15, -0.1) is 23.1 Å². The van der Waals surface area contributed by atoms with Crippen LogP contribution in [-0.4, -0.2) is 35.6 Å². The highest BCUT2D eigenvalue weighted by Gasteiger charge is 2.39. The first-order chi connectivity index (χ1) is 8.89. The molecule has 1 aromatic heterocycles. The zero-order chi connectivity index (χ0) is 14.0. The van der Waals surface area contributed by atoms with E-state index in [0.717, 1.165) is 22.6 Å². The molecule has 1 aliphatic rings. The molecule has 0 bridgehead atoms. The van der Waals surface area contributed by atoms with Crippen LogP contribution in [0.15, 0.2) is 11.4 Å². The van der Waals surface area contributed by atoms with Crippen LogP contribution in [0.1, 0.15) is 15.7 Å². The van der Waals surface area contributed by atoms with E-state index in [2.05, 4.69) is 5.32 Å². The number of hydrogen-bond donors (Lipinski definition) is 2. The molecule has 2 rings (SSSR count). The van der Waals surface area contributed by atoms with E-state index >= 15 is 0 Å². The number of alkyl halides is 3. The molecule has 1 amide bonds. The van der Waals surface area contributed by atoms with Crippen molar-refractivity contribution < 1.29 is 23.1 Å². The van der Waals surface area contributed by atoms with E-state index in [9.17, 15) is 18.0 Å². The first-order valence-electron chi connectivity index (χ1n) is 5.60. The van der Waals surface area contributed by atoms with Crippen molar-refractivity contribution in [3.63, 3.8) is 0 Å². The third-order valence-electron chi connectivity index (χ3n) is 2.76. The van der Waals surface area contributed by atoms with E-state index in [0.29, 0.717) is 0 Å². The van der Waals surface area contributed by atoms with Crippen molar-refractivity contribution in [3.8, 4) is 0 Å². The van der Waals surface area contributed by atoms with Gasteiger partial charge in [-0.1, -0.05) is 0 Å². The van der Waals surface area contributed by atoms with Gasteiger partial charge in [0, 0.05) is 4.88 Å². The number of thiophene rings is 1. The molecule has 0 fully saturated rings. The Morgan fingerprint density at radius 3 is 3.00 bits per heavy atom. The maximum Gasteiger partial charge on any atom is 0.416 e. The Bertz CT molecular complexity index is 461. The Hall–Kier alpha value is -0.730. The van der Waals surface area contributed by atoms with Crippen molar-refractivity contribution in [1.82, 2.24) is 5.32 Å². The number of thioether (sulfide) groups is 1. The second kappa shape index (κ2) is 5.72. The lowest BCUT2D eigenvalue weighted by Crippen LogP contribution is -2.42. The molecule has 1 aliphatic heterocycles. The molecule has 8 heteroatoms. The standard InChI is InChI=1S/C11H12F3NO2S2/c12-11(13,14)8(16)5-15-10(17)9-6-1-3-18-7(6)2-4-19-9/h1,3,8-9,16H,2,4-5H2,(H,15,17)/t8-,9+/m1/s1. The van der Waals surface area contributed by atoms with Crippen molar-refractivity contribution >= 4 is 29.0 Å². The molecule has 0 saturated carbocycles. The minimum absolute atomic E-state index is 0.476. The van der Waals surface area contributed by atoms with Gasteiger partial charge in [-0.05, 0) is 29.2 Å². The number of hydrogen-bond acceptors (Lipinski definition) is 4. The van der Waals surface area contributed by atoms with Gasteiger partial charge in [0.15, 0.2) is 6.10 Å². The topological polar surface area (TPSA) is 49.3 Å². The molecule has 0 radical (unpaired) electrons. The van der Waals surface area contributed by atoms with Gasteiger partial charge in [-0.2, -0.15) is 13.2 Å². The number of carbonyl (C=O) groups excluding carboxylic acids is 1. The maximum absolute atomic E-state index is 12.1. The van der Waals surface area contributed by atoms with Gasteiger partial charge >= 0.3 is 6.18 Å². The number of aliphatic hydroxyl groups excluding tert-OH is 1. The van der Waals surface area contributed by atoms with Crippen molar-refractivity contribution in [2.24, 2.45) is 0 Å². The number of halogens is 3. The van der Waals surface area contributed by atoms with E-state index < -0.39 is 30.0 Å². The van der Waals surface area contributed by atoms with Gasteiger partial charge in [-0.25, -0.2) is 0 Å². The lowest BCUT2D eigenvalue weighted by Gasteiger charge is -2.22. The fraction of sp³-hybridized carbons (Fsp3) is 0.545. The van der Waals surface area contributed by atoms with Gasteiger partial charge in [0.05, 0.1) is 6.54 Å². The van der Waals surface area contributed by atoms with Crippen LogP contribution in [0.2, 0.25) is 0 Å². The summed E-state index contributed by atoms with van der Waals surface area (Å²) in [5.74, 6) is 0.292. The normalized spacial score (nSPS) is 20.7. The molecule has 0 saturated heterocycles. The Morgan fingerprint density at radius 1 is 1.58 bits per heavy atom. The zero-order valence-corrected chi connectivity index (χ0v) is 11.4. The average Bonchev–Trinajstić information content (AvgIpc) is 2.82. The molecule has 19 heavy (non-hydrogen) atoms. The summed E-state index contributed by atoms with van der Waals surface area (Å²) < 4.78 is 36.4. The highest BCUT2D eigenvalue weighted by Crippen LogP contribution is 2.39. The van der Waals surface area contributed by atoms with E-state index in [1.165, 1.54) is 11.8 Å². The van der Waals surface area contributed by atoms with Gasteiger partial charge in [0.25, 0.3) is 0 Å². The largest absolute Gasteiger partial charge is 0.416 e. The van der Waals surface area contributed by atoms with Crippen LogP contribution < -0.4 is 5.32 Å². The molecule has 2 atom stereocenters. The number of rotatable bonds is 3. The maximum atomic E-state index is 12.1. The second-order valence-electron chi connectivity index (χ2n) is 4.10. The van der Waals surface area contributed by atoms with Crippen LogP contribution in [0.25, 0.3) is 0 Å². The Labute approximate surface area is 116 Å². The summed E-state index contributed by atoms with van der Waals surface area (Å²) >= 11 is 2.96. The van der Waals surface area contributed by atoms with Crippen LogP contribution in [0.4, 0.5) is 13.2 Å². The predicted octanol–water partition coefficient (Wildman–Crippen LogP) is 2.12. The molecule has 0 aliphatic carbocycles. The summed E-state index contributed by atoms with van der Waals surface area (Å²) in [6, 6.07) is 1.83. The molecule has 1 aromatic rings. The number of nitrogens with one attached hydrogen (secondary N) is 1. The molecular weight excluding hydrogens is 299 g/mol. The number of amides is 1. The van der Waals surface area contributed by atoms with Crippen molar-refractivity contribution in [2.75, 3.05) is 12.3 Å². The first kappa shape index (κ1) is 14.7. The molecule has 3 nitrogen and oxygen atoms in total. The van der Waals surface area contributed by atoms with Gasteiger partial charge < -0.3 is 10.4 Å². The second-order valence-corrected chi connectivity index (χ2v) is 6.32. The summed E-state index contributed by atoms with van der Waals surface area (Å²) in [4.78, 5) is 13.0. The number of carbonyl (C=O) groups is 1. The predicted molar refractivity (Wildman–Crippen MR) is 68.3 cm³/mol.